The molecule has 1 aromatic rings. The molecule has 0 bridgehead atoms. The van der Waals surface area contributed by atoms with Crippen LogP contribution in [0.15, 0.2) is 18.2 Å². The summed E-state index contributed by atoms with van der Waals surface area (Å²) in [4.78, 5) is 1.45. The number of hydrogen-bond donors (Lipinski definition) is 1. The van der Waals surface area contributed by atoms with E-state index in [1.54, 1.807) is 13.2 Å². The Labute approximate surface area is 133 Å². The average Bonchev–Trinajstić information content (AvgIpc) is 2.45. The molecular weight excluding hydrogens is 317 g/mol. The van der Waals surface area contributed by atoms with Gasteiger partial charge in [-0.05, 0) is 38.1 Å². The van der Waals surface area contributed by atoms with Gasteiger partial charge in [-0.25, -0.2) is 0 Å². The predicted octanol–water partition coefficient (Wildman–Crippen LogP) is 3.46. The normalized spacial score (nSPS) is 17.7. The van der Waals surface area contributed by atoms with Crippen LogP contribution in [-0.2, 0) is 6.54 Å². The fourth-order valence-electron chi connectivity index (χ4n) is 2.70. The number of rotatable bonds is 5. The number of halogens is 4. The molecule has 1 heterocycles. The van der Waals surface area contributed by atoms with E-state index in [0.717, 1.165) is 11.3 Å². The second-order valence-corrected chi connectivity index (χ2v) is 5.87. The van der Waals surface area contributed by atoms with Crippen molar-refractivity contribution >= 4 is 11.6 Å². The second-order valence-electron chi connectivity index (χ2n) is 5.47. The molecule has 7 heteroatoms. The van der Waals surface area contributed by atoms with Crippen molar-refractivity contribution in [2.75, 3.05) is 26.7 Å². The van der Waals surface area contributed by atoms with Crippen LogP contribution in [0.25, 0.3) is 0 Å². The number of likely N-dealkylation sites (tertiary alicyclic amines) is 1. The quantitative estimate of drug-likeness (QED) is 0.891. The fourth-order valence-corrected chi connectivity index (χ4v) is 2.93. The largest absolute Gasteiger partial charge is 0.496 e. The summed E-state index contributed by atoms with van der Waals surface area (Å²) in [6.07, 6.45) is -2.73. The zero-order valence-corrected chi connectivity index (χ0v) is 13.2. The highest BCUT2D eigenvalue weighted by molar-refractivity contribution is 6.31. The Balaban J connectivity index is 1.82. The lowest BCUT2D eigenvalue weighted by Crippen LogP contribution is -2.45. The van der Waals surface area contributed by atoms with Gasteiger partial charge in [0, 0.05) is 23.2 Å². The summed E-state index contributed by atoms with van der Waals surface area (Å²) in [7, 11) is 1.59. The van der Waals surface area contributed by atoms with E-state index < -0.39 is 12.7 Å². The van der Waals surface area contributed by atoms with Crippen molar-refractivity contribution in [2.24, 2.45) is 0 Å². The number of hydrogen-bond acceptors (Lipinski definition) is 3. The maximum atomic E-state index is 12.3. The maximum absolute atomic E-state index is 12.3. The Morgan fingerprint density at radius 1 is 1.32 bits per heavy atom. The molecule has 1 aromatic carbocycles. The monoisotopic (exact) mass is 336 g/mol. The third kappa shape index (κ3) is 5.04. The third-order valence-corrected chi connectivity index (χ3v) is 4.21. The Morgan fingerprint density at radius 2 is 2.00 bits per heavy atom. The van der Waals surface area contributed by atoms with Crippen LogP contribution < -0.4 is 10.1 Å². The van der Waals surface area contributed by atoms with Gasteiger partial charge in [0.2, 0.25) is 0 Å². The van der Waals surface area contributed by atoms with Gasteiger partial charge < -0.3 is 10.1 Å². The highest BCUT2D eigenvalue weighted by Crippen LogP contribution is 2.26. The van der Waals surface area contributed by atoms with E-state index in [-0.39, 0.29) is 6.04 Å². The van der Waals surface area contributed by atoms with Crippen LogP contribution in [0.3, 0.4) is 0 Å². The standard InChI is InChI=1S/C15H20ClF3N2O/c1-22-14-4-2-3-13(16)12(14)9-20-11-5-7-21(8-6-11)10-15(17,18)19/h2-4,11,20H,5-10H2,1H3. The number of ether oxygens (including phenoxy) is 1. The topological polar surface area (TPSA) is 24.5 Å². The first-order chi connectivity index (χ1) is 10.4. The molecule has 1 N–H and O–H groups in total. The fraction of sp³-hybridized carbons (Fsp3) is 0.600. The highest BCUT2D eigenvalue weighted by Gasteiger charge is 2.32. The third-order valence-electron chi connectivity index (χ3n) is 3.85. The number of benzene rings is 1. The molecular formula is C15H20ClF3N2O. The summed E-state index contributed by atoms with van der Waals surface area (Å²) in [5.41, 5.74) is 0.879. The number of methoxy groups -OCH3 is 1. The number of piperidine rings is 1. The van der Waals surface area contributed by atoms with E-state index in [2.05, 4.69) is 5.32 Å². The summed E-state index contributed by atoms with van der Waals surface area (Å²) in [5.74, 6) is 0.717. The van der Waals surface area contributed by atoms with Crippen molar-refractivity contribution in [3.63, 3.8) is 0 Å². The highest BCUT2D eigenvalue weighted by atomic mass is 35.5. The molecule has 0 atom stereocenters. The number of alkyl halides is 3. The lowest BCUT2D eigenvalue weighted by molar-refractivity contribution is -0.148. The van der Waals surface area contributed by atoms with Crippen LogP contribution in [0.4, 0.5) is 13.2 Å². The molecule has 0 radical (unpaired) electrons. The van der Waals surface area contributed by atoms with Crippen LogP contribution in [0.5, 0.6) is 5.75 Å². The Morgan fingerprint density at radius 3 is 2.59 bits per heavy atom. The van der Waals surface area contributed by atoms with Crippen molar-refractivity contribution in [3.8, 4) is 5.75 Å². The van der Waals surface area contributed by atoms with Crippen LogP contribution in [-0.4, -0.2) is 43.9 Å². The summed E-state index contributed by atoms with van der Waals surface area (Å²) < 4.78 is 42.3. The molecule has 0 unspecified atom stereocenters. The lowest BCUT2D eigenvalue weighted by Gasteiger charge is -2.33. The molecule has 1 aliphatic heterocycles. The van der Waals surface area contributed by atoms with E-state index in [1.165, 1.54) is 4.90 Å². The van der Waals surface area contributed by atoms with Crippen LogP contribution in [0, 0.1) is 0 Å². The zero-order valence-electron chi connectivity index (χ0n) is 12.4. The molecule has 0 saturated carbocycles. The smallest absolute Gasteiger partial charge is 0.401 e. The Hall–Kier alpha value is -0.980. The number of nitrogens with zero attached hydrogens (tertiary/aromatic N) is 1. The summed E-state index contributed by atoms with van der Waals surface area (Å²) in [6, 6.07) is 5.66. The minimum absolute atomic E-state index is 0.200. The summed E-state index contributed by atoms with van der Waals surface area (Å²) >= 11 is 6.17. The van der Waals surface area contributed by atoms with E-state index in [1.807, 2.05) is 12.1 Å². The van der Waals surface area contributed by atoms with E-state index in [0.29, 0.717) is 37.5 Å². The summed E-state index contributed by atoms with van der Waals surface area (Å²) in [6.45, 7) is 0.637. The average molecular weight is 337 g/mol. The molecule has 0 aromatic heterocycles. The van der Waals surface area contributed by atoms with Crippen LogP contribution in [0.1, 0.15) is 18.4 Å². The van der Waals surface area contributed by atoms with Gasteiger partial charge >= 0.3 is 6.18 Å². The number of nitrogens with one attached hydrogen (secondary N) is 1. The van der Waals surface area contributed by atoms with Crippen LogP contribution >= 0.6 is 11.6 Å². The molecule has 1 saturated heterocycles. The molecule has 124 valence electrons. The van der Waals surface area contributed by atoms with Gasteiger partial charge in [-0.3, -0.25) is 4.90 Å². The molecule has 3 nitrogen and oxygen atoms in total. The van der Waals surface area contributed by atoms with Gasteiger partial charge in [-0.15, -0.1) is 0 Å². The first-order valence-corrected chi connectivity index (χ1v) is 7.60. The van der Waals surface area contributed by atoms with Crippen molar-refractivity contribution in [1.29, 1.82) is 0 Å². The Kier molecular flexibility index (Phi) is 5.94. The molecule has 0 aliphatic carbocycles. The minimum atomic E-state index is -4.12. The zero-order chi connectivity index (χ0) is 16.2. The first kappa shape index (κ1) is 17.4. The van der Waals surface area contributed by atoms with Gasteiger partial charge in [0.1, 0.15) is 5.75 Å². The molecule has 2 rings (SSSR count). The van der Waals surface area contributed by atoms with Gasteiger partial charge in [0.05, 0.1) is 13.7 Å². The molecule has 22 heavy (non-hydrogen) atoms. The molecule has 0 amide bonds. The second kappa shape index (κ2) is 7.53. The van der Waals surface area contributed by atoms with Crippen LogP contribution in [0.2, 0.25) is 5.02 Å². The van der Waals surface area contributed by atoms with Crippen molar-refractivity contribution in [3.05, 3.63) is 28.8 Å². The predicted molar refractivity (Wildman–Crippen MR) is 80.4 cm³/mol. The molecule has 1 aliphatic rings. The van der Waals surface area contributed by atoms with Crippen molar-refractivity contribution in [2.45, 2.75) is 31.6 Å². The van der Waals surface area contributed by atoms with E-state index in [9.17, 15) is 13.2 Å². The van der Waals surface area contributed by atoms with Gasteiger partial charge in [-0.1, -0.05) is 17.7 Å². The SMILES string of the molecule is COc1cccc(Cl)c1CNC1CCN(CC(F)(F)F)CC1. The Bertz CT molecular complexity index is 488. The maximum Gasteiger partial charge on any atom is 0.401 e. The van der Waals surface area contributed by atoms with Gasteiger partial charge in [-0.2, -0.15) is 13.2 Å². The van der Waals surface area contributed by atoms with E-state index >= 15 is 0 Å². The van der Waals surface area contributed by atoms with E-state index in [4.69, 9.17) is 16.3 Å². The van der Waals surface area contributed by atoms with Crippen molar-refractivity contribution < 1.29 is 17.9 Å². The molecule has 0 spiro atoms. The molecule has 1 fully saturated rings. The lowest BCUT2D eigenvalue weighted by atomic mass is 10.0. The van der Waals surface area contributed by atoms with Gasteiger partial charge in [0.25, 0.3) is 0 Å². The van der Waals surface area contributed by atoms with Gasteiger partial charge in [0.15, 0.2) is 0 Å². The van der Waals surface area contributed by atoms with Crippen molar-refractivity contribution in [1.82, 2.24) is 10.2 Å². The minimum Gasteiger partial charge on any atom is -0.496 e. The summed E-state index contributed by atoms with van der Waals surface area (Å²) in [5, 5.41) is 3.99. The first-order valence-electron chi connectivity index (χ1n) is 7.23.